The molecule has 0 unspecified atom stereocenters. The molecule has 1 saturated carbocycles. The van der Waals surface area contributed by atoms with Gasteiger partial charge in [0.15, 0.2) is 0 Å². The van der Waals surface area contributed by atoms with Crippen LogP contribution >= 0.6 is 0 Å². The van der Waals surface area contributed by atoms with Gasteiger partial charge in [0.2, 0.25) is 0 Å². The van der Waals surface area contributed by atoms with E-state index in [0.29, 0.717) is 5.41 Å². The first-order valence-electron chi connectivity index (χ1n) is 4.18. The fourth-order valence-corrected chi connectivity index (χ4v) is 1.74. The van der Waals surface area contributed by atoms with Crippen molar-refractivity contribution in [1.29, 1.82) is 0 Å². The molecule has 1 heteroatoms. The van der Waals surface area contributed by atoms with Gasteiger partial charge in [0.05, 0.1) is 6.10 Å². The lowest BCUT2D eigenvalue weighted by Gasteiger charge is -2.26. The van der Waals surface area contributed by atoms with E-state index in [-0.39, 0.29) is 6.10 Å². The van der Waals surface area contributed by atoms with Crippen LogP contribution in [0.5, 0.6) is 0 Å². The number of rotatable bonds is 0. The van der Waals surface area contributed by atoms with Gasteiger partial charge < -0.3 is 5.11 Å². The lowest BCUT2D eigenvalue weighted by atomic mass is 9.80. The smallest absolute Gasteiger partial charge is 0.0543 e. The van der Waals surface area contributed by atoms with Gasteiger partial charge in [0, 0.05) is 0 Å². The second-order valence-electron chi connectivity index (χ2n) is 4.53. The van der Waals surface area contributed by atoms with Crippen LogP contribution in [0.4, 0.5) is 0 Å². The molecule has 1 fully saturated rings. The second-order valence-corrected chi connectivity index (χ2v) is 4.53. The lowest BCUT2D eigenvalue weighted by molar-refractivity contribution is 0.158. The van der Waals surface area contributed by atoms with E-state index < -0.39 is 0 Å². The average Bonchev–Trinajstić information content (AvgIpc) is 2.11. The molecule has 0 amide bonds. The van der Waals surface area contributed by atoms with E-state index in [1.54, 1.807) is 0 Å². The molecule has 0 aromatic carbocycles. The first-order valence-corrected chi connectivity index (χ1v) is 4.18. The minimum absolute atomic E-state index is 0.00998. The SMILES string of the molecule is CC(C)(C)[C@@H]1CC[C@H](O)C1. The number of hydrogen-bond acceptors (Lipinski definition) is 1. The highest BCUT2D eigenvalue weighted by atomic mass is 16.3. The van der Waals surface area contributed by atoms with Crippen molar-refractivity contribution in [2.24, 2.45) is 11.3 Å². The molecule has 0 saturated heterocycles. The van der Waals surface area contributed by atoms with Crippen molar-refractivity contribution in [2.45, 2.75) is 46.1 Å². The molecular weight excluding hydrogens is 124 g/mol. The van der Waals surface area contributed by atoms with Gasteiger partial charge in [0.1, 0.15) is 0 Å². The van der Waals surface area contributed by atoms with E-state index in [1.807, 2.05) is 0 Å². The van der Waals surface area contributed by atoms with E-state index in [4.69, 9.17) is 0 Å². The normalized spacial score (nSPS) is 34.8. The Morgan fingerprint density at radius 1 is 1.20 bits per heavy atom. The predicted octanol–water partition coefficient (Wildman–Crippen LogP) is 2.19. The molecule has 1 aliphatic rings. The Hall–Kier alpha value is -0.0400. The summed E-state index contributed by atoms with van der Waals surface area (Å²) in [7, 11) is 0. The van der Waals surface area contributed by atoms with E-state index in [1.165, 1.54) is 6.42 Å². The van der Waals surface area contributed by atoms with Crippen LogP contribution in [0, 0.1) is 11.3 Å². The van der Waals surface area contributed by atoms with Crippen molar-refractivity contribution in [3.05, 3.63) is 0 Å². The van der Waals surface area contributed by atoms with Gasteiger partial charge in [-0.3, -0.25) is 0 Å². The zero-order chi connectivity index (χ0) is 7.78. The Bertz CT molecular complexity index is 112. The Balaban J connectivity index is 2.45. The molecule has 1 aliphatic carbocycles. The van der Waals surface area contributed by atoms with Gasteiger partial charge in [-0.05, 0) is 30.6 Å². The molecular formula is C9H18O. The summed E-state index contributed by atoms with van der Waals surface area (Å²) in [6.45, 7) is 6.78. The third kappa shape index (κ3) is 1.72. The van der Waals surface area contributed by atoms with Gasteiger partial charge in [0.25, 0.3) is 0 Å². The van der Waals surface area contributed by atoms with Crippen molar-refractivity contribution >= 4 is 0 Å². The third-order valence-corrected chi connectivity index (χ3v) is 2.63. The summed E-state index contributed by atoms with van der Waals surface area (Å²) in [4.78, 5) is 0. The van der Waals surface area contributed by atoms with E-state index in [9.17, 15) is 5.11 Å². The van der Waals surface area contributed by atoms with Crippen LogP contribution in [0.15, 0.2) is 0 Å². The van der Waals surface area contributed by atoms with Gasteiger partial charge >= 0.3 is 0 Å². The Morgan fingerprint density at radius 2 is 1.80 bits per heavy atom. The third-order valence-electron chi connectivity index (χ3n) is 2.63. The topological polar surface area (TPSA) is 20.2 Å². The average molecular weight is 142 g/mol. The van der Waals surface area contributed by atoms with Crippen LogP contribution in [0.3, 0.4) is 0 Å². The molecule has 0 bridgehead atoms. The molecule has 0 radical (unpaired) electrons. The maximum absolute atomic E-state index is 9.26. The van der Waals surface area contributed by atoms with Crippen LogP contribution in [0.1, 0.15) is 40.0 Å². The Morgan fingerprint density at radius 3 is 2.00 bits per heavy atom. The monoisotopic (exact) mass is 142 g/mol. The van der Waals surface area contributed by atoms with Crippen molar-refractivity contribution < 1.29 is 5.11 Å². The summed E-state index contributed by atoms with van der Waals surface area (Å²) in [6, 6.07) is 0. The van der Waals surface area contributed by atoms with E-state index >= 15 is 0 Å². The maximum atomic E-state index is 9.26. The zero-order valence-corrected chi connectivity index (χ0v) is 7.22. The minimum atomic E-state index is -0.00998. The summed E-state index contributed by atoms with van der Waals surface area (Å²) in [5.41, 5.74) is 0.400. The minimum Gasteiger partial charge on any atom is -0.393 e. The number of aliphatic hydroxyl groups excluding tert-OH is 1. The van der Waals surface area contributed by atoms with Crippen molar-refractivity contribution in [2.75, 3.05) is 0 Å². The summed E-state index contributed by atoms with van der Waals surface area (Å²) >= 11 is 0. The molecule has 1 nitrogen and oxygen atoms in total. The van der Waals surface area contributed by atoms with Crippen LogP contribution in [0.25, 0.3) is 0 Å². The number of aliphatic hydroxyl groups is 1. The molecule has 1 N–H and O–H groups in total. The van der Waals surface area contributed by atoms with Crippen molar-refractivity contribution in [3.63, 3.8) is 0 Å². The first-order chi connectivity index (χ1) is 4.50. The highest BCUT2D eigenvalue weighted by Gasteiger charge is 2.31. The van der Waals surface area contributed by atoms with Crippen molar-refractivity contribution in [3.8, 4) is 0 Å². The standard InChI is InChI=1S/C9H18O/c1-9(2,3)7-4-5-8(10)6-7/h7-8,10H,4-6H2,1-3H3/t7-,8+/m1/s1. The summed E-state index contributed by atoms with van der Waals surface area (Å²) < 4.78 is 0. The second kappa shape index (κ2) is 2.54. The predicted molar refractivity (Wildman–Crippen MR) is 42.8 cm³/mol. The van der Waals surface area contributed by atoms with E-state index in [2.05, 4.69) is 20.8 Å². The molecule has 0 heterocycles. The summed E-state index contributed by atoms with van der Waals surface area (Å²) in [5, 5.41) is 9.26. The quantitative estimate of drug-likeness (QED) is 0.549. The van der Waals surface area contributed by atoms with Crippen LogP contribution in [-0.2, 0) is 0 Å². The molecule has 0 aromatic rings. The zero-order valence-electron chi connectivity index (χ0n) is 7.22. The van der Waals surface area contributed by atoms with E-state index in [0.717, 1.165) is 18.8 Å². The summed E-state index contributed by atoms with van der Waals surface area (Å²) in [5.74, 6) is 0.738. The van der Waals surface area contributed by atoms with Gasteiger partial charge in [-0.2, -0.15) is 0 Å². The van der Waals surface area contributed by atoms with Crippen LogP contribution in [0.2, 0.25) is 0 Å². The maximum Gasteiger partial charge on any atom is 0.0543 e. The highest BCUT2D eigenvalue weighted by Crippen LogP contribution is 2.38. The van der Waals surface area contributed by atoms with Gasteiger partial charge in [-0.1, -0.05) is 20.8 Å². The number of hydrogen-bond donors (Lipinski definition) is 1. The molecule has 0 spiro atoms. The fourth-order valence-electron chi connectivity index (χ4n) is 1.74. The molecule has 2 atom stereocenters. The first kappa shape index (κ1) is 8.06. The van der Waals surface area contributed by atoms with Crippen molar-refractivity contribution in [1.82, 2.24) is 0 Å². The Kier molecular flexibility index (Phi) is 2.04. The van der Waals surface area contributed by atoms with Crippen LogP contribution < -0.4 is 0 Å². The molecule has 1 rings (SSSR count). The molecule has 0 aromatic heterocycles. The molecule has 0 aliphatic heterocycles. The van der Waals surface area contributed by atoms with Gasteiger partial charge in [-0.25, -0.2) is 0 Å². The molecule has 60 valence electrons. The molecule has 10 heavy (non-hydrogen) atoms. The largest absolute Gasteiger partial charge is 0.393 e. The highest BCUT2D eigenvalue weighted by molar-refractivity contribution is 4.82. The Labute approximate surface area is 63.4 Å². The van der Waals surface area contributed by atoms with Crippen LogP contribution in [-0.4, -0.2) is 11.2 Å². The van der Waals surface area contributed by atoms with Gasteiger partial charge in [-0.15, -0.1) is 0 Å². The lowest BCUT2D eigenvalue weighted by Crippen LogP contribution is -2.18. The summed E-state index contributed by atoms with van der Waals surface area (Å²) in [6.07, 6.45) is 3.24. The fraction of sp³-hybridized carbons (Fsp3) is 1.00.